The molecular weight excluding hydrogens is 312 g/mol. The summed E-state index contributed by atoms with van der Waals surface area (Å²) in [5, 5.41) is 2.26. The lowest BCUT2D eigenvalue weighted by atomic mass is 9.73. The predicted octanol–water partition coefficient (Wildman–Crippen LogP) is 5.85. The molecular formula is C21H27N2S. The van der Waals surface area contributed by atoms with Crippen molar-refractivity contribution in [2.24, 2.45) is 11.8 Å². The van der Waals surface area contributed by atoms with Gasteiger partial charge in [-0.1, -0.05) is 38.2 Å². The number of imidazole rings is 1. The van der Waals surface area contributed by atoms with E-state index in [-0.39, 0.29) is 5.41 Å². The summed E-state index contributed by atoms with van der Waals surface area (Å²) in [6.45, 7) is 0. The molecule has 2 atom stereocenters. The standard InChI is InChI=1S/C21H27N2S/c1-2-9-16(10-3-1)21(20-22-12-13-23-20)18(15-7-4-5-8-15)19(21)17-11-6-14-24-17/h6,11-16,19H,1-5,7-10H2,(H,22,23). The fraction of sp³-hybridized carbons (Fsp3) is 0.619. The highest BCUT2D eigenvalue weighted by Gasteiger charge is 2.73. The van der Waals surface area contributed by atoms with Gasteiger partial charge in [-0.15, -0.1) is 11.3 Å². The highest BCUT2D eigenvalue weighted by Crippen LogP contribution is 2.76. The zero-order chi connectivity index (χ0) is 16.0. The van der Waals surface area contributed by atoms with Crippen LogP contribution in [0.1, 0.15) is 74.4 Å². The number of H-pyrrole nitrogens is 1. The van der Waals surface area contributed by atoms with Crippen LogP contribution in [-0.2, 0) is 5.41 Å². The van der Waals surface area contributed by atoms with Gasteiger partial charge in [0.15, 0.2) is 0 Å². The third kappa shape index (κ3) is 2.16. The monoisotopic (exact) mass is 339 g/mol. The van der Waals surface area contributed by atoms with E-state index in [0.717, 1.165) is 11.8 Å². The molecule has 0 saturated heterocycles. The van der Waals surface area contributed by atoms with Gasteiger partial charge in [-0.2, -0.15) is 0 Å². The van der Waals surface area contributed by atoms with E-state index in [2.05, 4.69) is 22.5 Å². The second-order valence-corrected chi connectivity index (χ2v) is 9.01. The fourth-order valence-electron chi connectivity index (χ4n) is 6.00. The largest absolute Gasteiger partial charge is 0.348 e. The maximum absolute atomic E-state index is 4.84. The Bertz CT molecular complexity index is 650. The van der Waals surface area contributed by atoms with E-state index in [9.17, 15) is 0 Å². The number of rotatable bonds is 4. The molecule has 0 amide bonds. The van der Waals surface area contributed by atoms with Crippen molar-refractivity contribution >= 4 is 11.3 Å². The van der Waals surface area contributed by atoms with Gasteiger partial charge in [0.2, 0.25) is 0 Å². The molecule has 0 aromatic carbocycles. The number of nitrogens with one attached hydrogen (secondary N) is 1. The summed E-state index contributed by atoms with van der Waals surface area (Å²) in [6, 6.07) is 4.61. The summed E-state index contributed by atoms with van der Waals surface area (Å²) < 4.78 is 0. The Kier molecular flexibility index (Phi) is 3.81. The Balaban J connectivity index is 1.60. The van der Waals surface area contributed by atoms with Gasteiger partial charge in [-0.05, 0) is 49.0 Å². The molecule has 0 bridgehead atoms. The van der Waals surface area contributed by atoms with Crippen LogP contribution in [0.15, 0.2) is 29.9 Å². The molecule has 2 aromatic heterocycles. The first-order valence-electron chi connectivity index (χ1n) is 9.83. The van der Waals surface area contributed by atoms with Crippen LogP contribution in [0.25, 0.3) is 0 Å². The van der Waals surface area contributed by atoms with E-state index in [1.165, 1.54) is 63.6 Å². The second kappa shape index (κ2) is 6.01. The Labute approximate surface area is 149 Å². The quantitative estimate of drug-likeness (QED) is 0.743. The minimum absolute atomic E-state index is 0.226. The van der Waals surface area contributed by atoms with E-state index in [1.807, 2.05) is 29.6 Å². The van der Waals surface area contributed by atoms with Gasteiger partial charge < -0.3 is 4.98 Å². The zero-order valence-electron chi connectivity index (χ0n) is 14.3. The molecule has 3 aliphatic carbocycles. The van der Waals surface area contributed by atoms with Crippen molar-refractivity contribution < 1.29 is 0 Å². The summed E-state index contributed by atoms with van der Waals surface area (Å²) in [6.07, 6.45) is 16.7. The van der Waals surface area contributed by atoms with Crippen LogP contribution in [0.4, 0.5) is 0 Å². The first kappa shape index (κ1) is 15.2. The van der Waals surface area contributed by atoms with Crippen molar-refractivity contribution in [1.29, 1.82) is 0 Å². The van der Waals surface area contributed by atoms with Crippen molar-refractivity contribution in [1.82, 2.24) is 9.97 Å². The summed E-state index contributed by atoms with van der Waals surface area (Å²) >= 11 is 1.96. The van der Waals surface area contributed by atoms with E-state index in [1.54, 1.807) is 4.88 Å². The SMILES string of the molecule is c1csc(C2[C](C3CCCC3)C2(c2ncc[nH]2)C2CCCCC2)c1. The Hall–Kier alpha value is -1.09. The summed E-state index contributed by atoms with van der Waals surface area (Å²) in [5.74, 6) is 5.39. The molecule has 2 aromatic rings. The first-order chi connectivity index (χ1) is 11.9. The molecule has 3 saturated carbocycles. The molecule has 127 valence electrons. The highest BCUT2D eigenvalue weighted by atomic mass is 32.1. The van der Waals surface area contributed by atoms with Crippen molar-refractivity contribution in [3.63, 3.8) is 0 Å². The third-order valence-corrected chi connectivity index (χ3v) is 7.86. The number of nitrogens with zero attached hydrogens (tertiary/aromatic N) is 1. The summed E-state index contributed by atoms with van der Waals surface area (Å²) in [7, 11) is 0. The number of aromatic nitrogens is 2. The fourth-order valence-corrected chi connectivity index (χ4v) is 6.92. The van der Waals surface area contributed by atoms with Crippen LogP contribution in [-0.4, -0.2) is 9.97 Å². The zero-order valence-corrected chi connectivity index (χ0v) is 15.2. The Morgan fingerprint density at radius 2 is 1.83 bits per heavy atom. The van der Waals surface area contributed by atoms with Crippen LogP contribution in [0.2, 0.25) is 0 Å². The average molecular weight is 340 g/mol. The molecule has 2 nitrogen and oxygen atoms in total. The van der Waals surface area contributed by atoms with Gasteiger partial charge >= 0.3 is 0 Å². The highest BCUT2D eigenvalue weighted by molar-refractivity contribution is 7.10. The van der Waals surface area contributed by atoms with Gasteiger partial charge in [-0.3, -0.25) is 0 Å². The molecule has 24 heavy (non-hydrogen) atoms. The first-order valence-corrected chi connectivity index (χ1v) is 10.7. The van der Waals surface area contributed by atoms with Gasteiger partial charge in [0.1, 0.15) is 5.82 Å². The van der Waals surface area contributed by atoms with Crippen molar-refractivity contribution in [3.05, 3.63) is 46.5 Å². The molecule has 2 heterocycles. The maximum Gasteiger partial charge on any atom is 0.113 e. The Morgan fingerprint density at radius 3 is 2.50 bits per heavy atom. The van der Waals surface area contributed by atoms with Crippen LogP contribution in [0.3, 0.4) is 0 Å². The number of aromatic amines is 1. The maximum atomic E-state index is 4.84. The molecule has 0 aliphatic heterocycles. The van der Waals surface area contributed by atoms with Crippen LogP contribution in [0, 0.1) is 17.8 Å². The molecule has 3 aliphatic rings. The van der Waals surface area contributed by atoms with Crippen molar-refractivity contribution in [3.8, 4) is 0 Å². The number of thiophene rings is 1. The van der Waals surface area contributed by atoms with E-state index in [0.29, 0.717) is 5.92 Å². The molecule has 5 rings (SSSR count). The number of hydrogen-bond donors (Lipinski definition) is 1. The molecule has 1 radical (unpaired) electrons. The summed E-state index contributed by atoms with van der Waals surface area (Å²) in [5.41, 5.74) is 0.226. The molecule has 2 unspecified atom stereocenters. The minimum atomic E-state index is 0.226. The van der Waals surface area contributed by atoms with Crippen molar-refractivity contribution in [2.75, 3.05) is 0 Å². The molecule has 3 heteroatoms. The second-order valence-electron chi connectivity index (χ2n) is 8.03. The molecule has 0 spiro atoms. The Morgan fingerprint density at radius 1 is 1.04 bits per heavy atom. The minimum Gasteiger partial charge on any atom is -0.348 e. The third-order valence-electron chi connectivity index (χ3n) is 6.92. The van der Waals surface area contributed by atoms with Gasteiger partial charge in [-0.25, -0.2) is 4.98 Å². The van der Waals surface area contributed by atoms with E-state index in [4.69, 9.17) is 4.98 Å². The lowest BCUT2D eigenvalue weighted by Crippen LogP contribution is -2.28. The van der Waals surface area contributed by atoms with Gasteiger partial charge in [0.25, 0.3) is 0 Å². The summed E-state index contributed by atoms with van der Waals surface area (Å²) in [4.78, 5) is 9.97. The lowest BCUT2D eigenvalue weighted by Gasteiger charge is -2.32. The topological polar surface area (TPSA) is 28.7 Å². The van der Waals surface area contributed by atoms with Gasteiger partial charge in [0, 0.05) is 34.5 Å². The van der Waals surface area contributed by atoms with Crippen molar-refractivity contribution in [2.45, 2.75) is 69.1 Å². The smallest absolute Gasteiger partial charge is 0.113 e. The number of hydrogen-bond acceptors (Lipinski definition) is 2. The van der Waals surface area contributed by atoms with Gasteiger partial charge in [0.05, 0.1) is 0 Å². The van der Waals surface area contributed by atoms with E-state index < -0.39 is 0 Å². The van der Waals surface area contributed by atoms with E-state index >= 15 is 0 Å². The lowest BCUT2D eigenvalue weighted by molar-refractivity contribution is 0.274. The normalized spacial score (nSPS) is 32.4. The van der Waals surface area contributed by atoms with Crippen LogP contribution >= 0.6 is 11.3 Å². The molecule has 1 N–H and O–H groups in total. The molecule has 3 fully saturated rings. The predicted molar refractivity (Wildman–Crippen MR) is 99.1 cm³/mol. The van der Waals surface area contributed by atoms with Crippen LogP contribution < -0.4 is 0 Å². The average Bonchev–Trinajstić information content (AvgIpc) is 3.23. The van der Waals surface area contributed by atoms with Crippen LogP contribution in [0.5, 0.6) is 0 Å².